The predicted molar refractivity (Wildman–Crippen MR) is 78.7 cm³/mol. The number of rotatable bonds is 3. The first-order valence-corrected chi connectivity index (χ1v) is 8.48. The quantitative estimate of drug-likeness (QED) is 0.916. The van der Waals surface area contributed by atoms with Gasteiger partial charge in [-0.05, 0) is 0 Å². The van der Waals surface area contributed by atoms with Crippen LogP contribution in [0.15, 0.2) is 22.7 Å². The van der Waals surface area contributed by atoms with Crippen LogP contribution in [-0.2, 0) is 22.5 Å². The lowest BCUT2D eigenvalue weighted by Gasteiger charge is -2.13. The van der Waals surface area contributed by atoms with Crippen molar-refractivity contribution in [2.75, 3.05) is 0 Å². The second kappa shape index (κ2) is 5.23. The average Bonchev–Trinajstić information content (AvgIpc) is 2.95. The summed E-state index contributed by atoms with van der Waals surface area (Å²) in [4.78, 5) is 16.1. The Morgan fingerprint density at radius 2 is 2.05 bits per heavy atom. The number of carbonyl (C=O) groups is 1. The van der Waals surface area contributed by atoms with E-state index in [2.05, 4.69) is 10.1 Å². The molecule has 0 spiro atoms. The fraction of sp³-hybridized carbons (Fsp3) is 0.417. The lowest BCUT2D eigenvalue weighted by molar-refractivity contribution is 0.0977. The van der Waals surface area contributed by atoms with E-state index in [-0.39, 0.29) is 16.0 Å². The Morgan fingerprint density at radius 1 is 1.38 bits per heavy atom. The van der Waals surface area contributed by atoms with Crippen molar-refractivity contribution in [1.82, 2.24) is 19.5 Å². The number of amides is 1. The maximum atomic E-state index is 12.0. The standard InChI is InChI=1S/C12H16N4O3S2/c1-12(2,3)11-14-9(7-20-11)10(17)15-21(18,19)8-5-13-16(4)6-8/h5-7H,1-4H3,(H,15,17). The van der Waals surface area contributed by atoms with E-state index in [1.165, 1.54) is 28.4 Å². The van der Waals surface area contributed by atoms with Crippen molar-refractivity contribution in [1.29, 1.82) is 0 Å². The summed E-state index contributed by atoms with van der Waals surface area (Å²) in [7, 11) is -2.34. The number of hydrogen-bond acceptors (Lipinski definition) is 6. The van der Waals surface area contributed by atoms with E-state index >= 15 is 0 Å². The van der Waals surface area contributed by atoms with Crippen molar-refractivity contribution in [2.24, 2.45) is 7.05 Å². The zero-order valence-corrected chi connectivity index (χ0v) is 13.7. The molecule has 0 aromatic carbocycles. The molecule has 0 aliphatic rings. The van der Waals surface area contributed by atoms with Gasteiger partial charge in [-0.2, -0.15) is 5.10 Å². The highest BCUT2D eigenvalue weighted by molar-refractivity contribution is 7.90. The molecule has 9 heteroatoms. The number of carbonyl (C=O) groups excluding carboxylic acids is 1. The number of aromatic nitrogens is 3. The number of nitrogens with one attached hydrogen (secondary N) is 1. The number of thiazole rings is 1. The Morgan fingerprint density at radius 3 is 2.52 bits per heavy atom. The van der Waals surface area contributed by atoms with Gasteiger partial charge in [0, 0.05) is 24.0 Å². The number of aryl methyl sites for hydroxylation is 1. The second-order valence-electron chi connectivity index (χ2n) is 5.57. The first-order valence-electron chi connectivity index (χ1n) is 6.11. The minimum absolute atomic E-state index is 0.0652. The lowest BCUT2D eigenvalue weighted by atomic mass is 9.98. The molecule has 2 aromatic heterocycles. The lowest BCUT2D eigenvalue weighted by Crippen LogP contribution is -2.30. The third-order valence-corrected chi connectivity index (χ3v) is 5.15. The molecule has 0 saturated carbocycles. The molecule has 2 heterocycles. The molecule has 0 unspecified atom stereocenters. The molecule has 2 rings (SSSR count). The monoisotopic (exact) mass is 328 g/mol. The summed E-state index contributed by atoms with van der Waals surface area (Å²) in [5.74, 6) is -0.745. The van der Waals surface area contributed by atoms with Crippen molar-refractivity contribution in [3.63, 3.8) is 0 Å². The van der Waals surface area contributed by atoms with Gasteiger partial charge < -0.3 is 0 Å². The van der Waals surface area contributed by atoms with Gasteiger partial charge in [0.25, 0.3) is 15.9 Å². The topological polar surface area (TPSA) is 94.0 Å². The minimum atomic E-state index is -3.93. The van der Waals surface area contributed by atoms with Crippen LogP contribution in [0.5, 0.6) is 0 Å². The summed E-state index contributed by atoms with van der Waals surface area (Å²) in [6, 6.07) is 0. The summed E-state index contributed by atoms with van der Waals surface area (Å²) in [5, 5.41) is 6.09. The van der Waals surface area contributed by atoms with Crippen LogP contribution in [0.25, 0.3) is 0 Å². The van der Waals surface area contributed by atoms with E-state index in [1.54, 1.807) is 12.4 Å². The summed E-state index contributed by atoms with van der Waals surface area (Å²) >= 11 is 1.33. The highest BCUT2D eigenvalue weighted by atomic mass is 32.2. The van der Waals surface area contributed by atoms with Crippen LogP contribution in [0.4, 0.5) is 0 Å². The summed E-state index contributed by atoms with van der Waals surface area (Å²) in [6.45, 7) is 5.92. The molecule has 0 aliphatic carbocycles. The van der Waals surface area contributed by atoms with E-state index in [9.17, 15) is 13.2 Å². The maximum Gasteiger partial charge on any atom is 0.284 e. The van der Waals surface area contributed by atoms with Crippen LogP contribution in [0, 0.1) is 0 Å². The molecule has 0 saturated heterocycles. The van der Waals surface area contributed by atoms with E-state index in [0.29, 0.717) is 0 Å². The first-order chi connectivity index (χ1) is 9.59. The van der Waals surface area contributed by atoms with E-state index in [0.717, 1.165) is 5.01 Å². The van der Waals surface area contributed by atoms with Gasteiger partial charge in [-0.1, -0.05) is 20.8 Å². The fourth-order valence-corrected chi connectivity index (χ4v) is 3.32. The molecule has 2 aromatic rings. The predicted octanol–water partition coefficient (Wildman–Crippen LogP) is 1.29. The molecule has 1 amide bonds. The van der Waals surface area contributed by atoms with Crippen LogP contribution < -0.4 is 4.72 Å². The Bertz CT molecular complexity index is 769. The van der Waals surface area contributed by atoms with E-state index < -0.39 is 15.9 Å². The molecular weight excluding hydrogens is 312 g/mol. The van der Waals surface area contributed by atoms with Gasteiger partial charge in [-0.25, -0.2) is 18.1 Å². The van der Waals surface area contributed by atoms with Gasteiger partial charge in [-0.3, -0.25) is 9.48 Å². The van der Waals surface area contributed by atoms with Gasteiger partial charge in [0.2, 0.25) is 0 Å². The number of sulfonamides is 1. The average molecular weight is 328 g/mol. The van der Waals surface area contributed by atoms with Crippen molar-refractivity contribution in [3.8, 4) is 0 Å². The van der Waals surface area contributed by atoms with Crippen LogP contribution >= 0.6 is 11.3 Å². The molecule has 0 atom stereocenters. The van der Waals surface area contributed by atoms with Crippen molar-refractivity contribution in [3.05, 3.63) is 28.5 Å². The molecule has 0 bridgehead atoms. The van der Waals surface area contributed by atoms with Gasteiger partial charge in [0.1, 0.15) is 10.6 Å². The Balaban J connectivity index is 2.20. The van der Waals surface area contributed by atoms with Crippen LogP contribution in [0.1, 0.15) is 36.3 Å². The Labute approximate surface area is 127 Å². The molecule has 7 nitrogen and oxygen atoms in total. The van der Waals surface area contributed by atoms with Crippen molar-refractivity contribution in [2.45, 2.75) is 31.1 Å². The SMILES string of the molecule is Cn1cc(S(=O)(=O)NC(=O)c2csc(C(C)(C)C)n2)cn1. The van der Waals surface area contributed by atoms with Gasteiger partial charge in [0.15, 0.2) is 0 Å². The molecule has 1 N–H and O–H groups in total. The Kier molecular flexibility index (Phi) is 3.89. The van der Waals surface area contributed by atoms with Gasteiger partial charge in [0.05, 0.1) is 11.2 Å². The second-order valence-corrected chi connectivity index (χ2v) is 8.11. The normalized spacial score (nSPS) is 12.4. The third kappa shape index (κ3) is 3.48. The molecule has 0 aliphatic heterocycles. The highest BCUT2D eigenvalue weighted by Gasteiger charge is 2.24. The van der Waals surface area contributed by atoms with Crippen molar-refractivity contribution >= 4 is 27.3 Å². The number of hydrogen-bond donors (Lipinski definition) is 1. The molecule has 0 radical (unpaired) electrons. The van der Waals surface area contributed by atoms with Crippen LogP contribution in [0.2, 0.25) is 0 Å². The van der Waals surface area contributed by atoms with Gasteiger partial charge >= 0.3 is 0 Å². The summed E-state index contributed by atoms with van der Waals surface area (Å²) < 4.78 is 27.4. The Hall–Kier alpha value is -1.74. The maximum absolute atomic E-state index is 12.0. The van der Waals surface area contributed by atoms with E-state index in [4.69, 9.17) is 0 Å². The van der Waals surface area contributed by atoms with Crippen LogP contribution in [0.3, 0.4) is 0 Å². The van der Waals surface area contributed by atoms with Gasteiger partial charge in [-0.15, -0.1) is 11.3 Å². The summed E-state index contributed by atoms with van der Waals surface area (Å²) in [5.41, 5.74) is -0.0943. The van der Waals surface area contributed by atoms with E-state index in [1.807, 2.05) is 25.5 Å². The minimum Gasteiger partial charge on any atom is -0.274 e. The van der Waals surface area contributed by atoms with Crippen molar-refractivity contribution < 1.29 is 13.2 Å². The molecule has 114 valence electrons. The molecule has 0 fully saturated rings. The first kappa shape index (κ1) is 15.6. The number of nitrogens with zero attached hydrogens (tertiary/aromatic N) is 3. The summed E-state index contributed by atoms with van der Waals surface area (Å²) in [6.07, 6.45) is 2.49. The largest absolute Gasteiger partial charge is 0.284 e. The molecule has 21 heavy (non-hydrogen) atoms. The fourth-order valence-electron chi connectivity index (χ4n) is 1.49. The zero-order valence-electron chi connectivity index (χ0n) is 12.1. The molecular formula is C12H16N4O3S2. The van der Waals surface area contributed by atoms with Crippen LogP contribution in [-0.4, -0.2) is 29.1 Å². The smallest absolute Gasteiger partial charge is 0.274 e. The third-order valence-electron chi connectivity index (χ3n) is 2.60. The highest BCUT2D eigenvalue weighted by Crippen LogP contribution is 2.25. The zero-order chi connectivity index (χ0) is 15.8.